The maximum absolute atomic E-state index is 5.85. The highest BCUT2D eigenvalue weighted by atomic mass is 16.5. The number of rotatable bonds is 9. The van der Waals surface area contributed by atoms with Crippen LogP contribution in [0.5, 0.6) is 5.75 Å². The van der Waals surface area contributed by atoms with Crippen LogP contribution in [0.25, 0.3) is 0 Å². The molecule has 1 heterocycles. The molecule has 6 heteroatoms. The first-order chi connectivity index (χ1) is 14.3. The minimum Gasteiger partial charge on any atom is -0.489 e. The first-order valence-electron chi connectivity index (χ1n) is 10.4. The first-order valence-corrected chi connectivity index (χ1v) is 10.4. The fraction of sp³-hybridized carbons (Fsp3) is 0.435. The number of ether oxygens (including phenoxy) is 2. The van der Waals surface area contributed by atoms with E-state index in [1.54, 1.807) is 0 Å². The summed E-state index contributed by atoms with van der Waals surface area (Å²) in [6.45, 7) is 9.69. The topological polar surface area (TPSA) is 58.1 Å². The van der Waals surface area contributed by atoms with Gasteiger partial charge in [-0.2, -0.15) is 0 Å². The normalized spacial score (nSPS) is 15.1. The fourth-order valence-corrected chi connectivity index (χ4v) is 3.10. The van der Waals surface area contributed by atoms with Crippen LogP contribution in [-0.4, -0.2) is 56.8 Å². The van der Waals surface area contributed by atoms with Crippen molar-refractivity contribution in [3.05, 3.63) is 65.7 Å². The molecule has 1 aliphatic rings. The Balaban J connectivity index is 1.44. The van der Waals surface area contributed by atoms with Gasteiger partial charge in [0.1, 0.15) is 12.4 Å². The summed E-state index contributed by atoms with van der Waals surface area (Å²) in [5.41, 5.74) is 2.32. The predicted molar refractivity (Wildman–Crippen MR) is 117 cm³/mol. The van der Waals surface area contributed by atoms with Gasteiger partial charge in [-0.25, -0.2) is 4.99 Å². The molecule has 0 spiro atoms. The van der Waals surface area contributed by atoms with E-state index in [-0.39, 0.29) is 0 Å². The molecule has 0 radical (unpaired) electrons. The zero-order chi connectivity index (χ0) is 20.2. The van der Waals surface area contributed by atoms with Crippen LogP contribution in [0, 0.1) is 0 Å². The maximum Gasteiger partial charge on any atom is 0.191 e. The van der Waals surface area contributed by atoms with E-state index in [2.05, 4.69) is 46.7 Å². The summed E-state index contributed by atoms with van der Waals surface area (Å²) in [5, 5.41) is 6.73. The van der Waals surface area contributed by atoms with Gasteiger partial charge in [-0.1, -0.05) is 42.5 Å². The van der Waals surface area contributed by atoms with Crippen LogP contribution in [-0.2, 0) is 17.9 Å². The van der Waals surface area contributed by atoms with E-state index in [1.807, 2.05) is 30.3 Å². The molecular formula is C23H32N4O2. The number of hydrogen-bond donors (Lipinski definition) is 2. The molecule has 0 unspecified atom stereocenters. The van der Waals surface area contributed by atoms with E-state index < -0.39 is 0 Å². The van der Waals surface area contributed by atoms with Crippen LogP contribution in [0.3, 0.4) is 0 Å². The largest absolute Gasteiger partial charge is 0.489 e. The third kappa shape index (κ3) is 7.75. The van der Waals surface area contributed by atoms with Gasteiger partial charge < -0.3 is 20.1 Å². The minimum atomic E-state index is 0.579. The number of benzene rings is 2. The molecular weight excluding hydrogens is 364 g/mol. The monoisotopic (exact) mass is 396 g/mol. The van der Waals surface area contributed by atoms with Crippen molar-refractivity contribution < 1.29 is 9.47 Å². The van der Waals surface area contributed by atoms with E-state index >= 15 is 0 Å². The van der Waals surface area contributed by atoms with Gasteiger partial charge in [0.2, 0.25) is 0 Å². The van der Waals surface area contributed by atoms with Gasteiger partial charge >= 0.3 is 0 Å². The Kier molecular flexibility index (Phi) is 8.82. The highest BCUT2D eigenvalue weighted by molar-refractivity contribution is 5.79. The summed E-state index contributed by atoms with van der Waals surface area (Å²) in [6, 6.07) is 18.3. The molecule has 0 saturated carbocycles. The van der Waals surface area contributed by atoms with Gasteiger partial charge in [-0.05, 0) is 30.2 Å². The SMILES string of the molecule is CCNC(=NCc1ccc(OCc2ccccc2)cc1)NCCN1CCOCC1. The number of aliphatic imine (C=N–C) groups is 1. The maximum atomic E-state index is 5.85. The lowest BCUT2D eigenvalue weighted by atomic mass is 10.2. The lowest BCUT2D eigenvalue weighted by Gasteiger charge is -2.26. The molecule has 0 amide bonds. The lowest BCUT2D eigenvalue weighted by Crippen LogP contribution is -2.44. The summed E-state index contributed by atoms with van der Waals surface area (Å²) >= 11 is 0. The van der Waals surface area contributed by atoms with E-state index in [9.17, 15) is 0 Å². The second-order valence-corrected chi connectivity index (χ2v) is 6.99. The Morgan fingerprint density at radius 1 is 1.00 bits per heavy atom. The van der Waals surface area contributed by atoms with Crippen LogP contribution in [0.15, 0.2) is 59.6 Å². The highest BCUT2D eigenvalue weighted by Gasteiger charge is 2.09. The van der Waals surface area contributed by atoms with Crippen LogP contribution in [0.1, 0.15) is 18.1 Å². The number of hydrogen-bond acceptors (Lipinski definition) is 4. The third-order valence-electron chi connectivity index (χ3n) is 4.76. The summed E-state index contributed by atoms with van der Waals surface area (Å²) in [6.07, 6.45) is 0. The minimum absolute atomic E-state index is 0.579. The molecule has 0 atom stereocenters. The molecule has 0 aliphatic carbocycles. The van der Waals surface area contributed by atoms with Crippen molar-refractivity contribution in [2.75, 3.05) is 45.9 Å². The summed E-state index contributed by atoms with van der Waals surface area (Å²) in [4.78, 5) is 7.11. The molecule has 2 aromatic carbocycles. The van der Waals surface area contributed by atoms with Gasteiger partial charge in [0.05, 0.1) is 19.8 Å². The van der Waals surface area contributed by atoms with Crippen molar-refractivity contribution in [1.29, 1.82) is 0 Å². The van der Waals surface area contributed by atoms with Gasteiger partial charge in [-0.15, -0.1) is 0 Å². The number of nitrogens with one attached hydrogen (secondary N) is 2. The van der Waals surface area contributed by atoms with Crippen molar-refractivity contribution in [3.8, 4) is 5.75 Å². The van der Waals surface area contributed by atoms with Crippen LogP contribution < -0.4 is 15.4 Å². The van der Waals surface area contributed by atoms with E-state index in [4.69, 9.17) is 14.5 Å². The highest BCUT2D eigenvalue weighted by Crippen LogP contribution is 2.14. The molecule has 1 aliphatic heterocycles. The summed E-state index contributed by atoms with van der Waals surface area (Å²) in [7, 11) is 0. The molecule has 3 rings (SSSR count). The predicted octanol–water partition coefficient (Wildman–Crippen LogP) is 2.65. The second-order valence-electron chi connectivity index (χ2n) is 6.99. The van der Waals surface area contributed by atoms with Crippen molar-refractivity contribution in [2.45, 2.75) is 20.1 Å². The molecule has 1 fully saturated rings. The number of nitrogens with zero attached hydrogens (tertiary/aromatic N) is 2. The van der Waals surface area contributed by atoms with Crippen molar-refractivity contribution in [1.82, 2.24) is 15.5 Å². The Hall–Kier alpha value is -2.57. The molecule has 2 N–H and O–H groups in total. The standard InChI is InChI=1S/C23H32N4O2/c1-2-24-23(25-12-13-27-14-16-28-17-15-27)26-18-20-8-10-22(11-9-20)29-19-21-6-4-3-5-7-21/h3-11H,2,12-19H2,1H3,(H2,24,25,26). The van der Waals surface area contributed by atoms with E-state index in [1.165, 1.54) is 5.56 Å². The molecule has 0 aromatic heterocycles. The zero-order valence-corrected chi connectivity index (χ0v) is 17.3. The first kappa shape index (κ1) is 21.1. The van der Waals surface area contributed by atoms with E-state index in [0.717, 1.165) is 63.2 Å². The van der Waals surface area contributed by atoms with Crippen LogP contribution >= 0.6 is 0 Å². The van der Waals surface area contributed by atoms with Crippen LogP contribution in [0.2, 0.25) is 0 Å². The van der Waals surface area contributed by atoms with Crippen LogP contribution in [0.4, 0.5) is 0 Å². The van der Waals surface area contributed by atoms with Crippen molar-refractivity contribution >= 4 is 5.96 Å². The second kappa shape index (κ2) is 12.1. The molecule has 156 valence electrons. The molecule has 0 bridgehead atoms. The van der Waals surface area contributed by atoms with Gasteiger partial charge in [0.25, 0.3) is 0 Å². The average Bonchev–Trinajstić information content (AvgIpc) is 2.78. The van der Waals surface area contributed by atoms with E-state index in [0.29, 0.717) is 13.2 Å². The molecule has 1 saturated heterocycles. The van der Waals surface area contributed by atoms with Gasteiger partial charge in [0.15, 0.2) is 5.96 Å². The Morgan fingerprint density at radius 3 is 2.48 bits per heavy atom. The zero-order valence-electron chi connectivity index (χ0n) is 17.3. The smallest absolute Gasteiger partial charge is 0.191 e. The lowest BCUT2D eigenvalue weighted by molar-refractivity contribution is 0.0389. The number of guanidine groups is 1. The van der Waals surface area contributed by atoms with Crippen molar-refractivity contribution in [2.24, 2.45) is 4.99 Å². The summed E-state index contributed by atoms with van der Waals surface area (Å²) in [5.74, 6) is 1.72. The molecule has 6 nitrogen and oxygen atoms in total. The third-order valence-corrected chi connectivity index (χ3v) is 4.76. The van der Waals surface area contributed by atoms with Crippen molar-refractivity contribution in [3.63, 3.8) is 0 Å². The fourth-order valence-electron chi connectivity index (χ4n) is 3.10. The average molecular weight is 397 g/mol. The van der Waals surface area contributed by atoms with Gasteiger partial charge in [-0.3, -0.25) is 4.90 Å². The molecule has 29 heavy (non-hydrogen) atoms. The summed E-state index contributed by atoms with van der Waals surface area (Å²) < 4.78 is 11.2. The Morgan fingerprint density at radius 2 is 1.76 bits per heavy atom. The Labute approximate surface area is 173 Å². The quantitative estimate of drug-likeness (QED) is 0.504. The molecule has 2 aromatic rings. The van der Waals surface area contributed by atoms with Gasteiger partial charge in [0, 0.05) is 32.7 Å². The number of morpholine rings is 1. The Bertz CT molecular complexity index is 728.